The lowest BCUT2D eigenvalue weighted by Crippen LogP contribution is -2.63. The van der Waals surface area contributed by atoms with Gasteiger partial charge in [0.15, 0.2) is 25.2 Å². The van der Waals surface area contributed by atoms with Crippen LogP contribution in [0.5, 0.6) is 0 Å². The zero-order valence-electron chi connectivity index (χ0n) is 45.0. The van der Waals surface area contributed by atoms with Crippen molar-refractivity contribution in [2.45, 2.75) is 234 Å². The predicted molar refractivity (Wildman–Crippen MR) is 264 cm³/mol. The summed E-state index contributed by atoms with van der Waals surface area (Å²) in [6.07, 6.45) is -17.8. The molecule has 23 nitrogen and oxygen atoms in total. The largest absolute Gasteiger partial charge is 0.396 e. The van der Waals surface area contributed by atoms with E-state index in [1.54, 1.807) is 0 Å². The summed E-state index contributed by atoms with van der Waals surface area (Å²) in [7, 11) is 0. The van der Waals surface area contributed by atoms with Gasteiger partial charge in [-0.3, -0.25) is 0 Å². The summed E-state index contributed by atoms with van der Waals surface area (Å²) < 4.78 is 46.5. The van der Waals surface area contributed by atoms with Gasteiger partial charge in [-0.05, 0) is 128 Å². The highest BCUT2D eigenvalue weighted by Gasteiger charge is 2.82. The first kappa shape index (κ1) is 60.4. The van der Waals surface area contributed by atoms with Gasteiger partial charge in [-0.2, -0.15) is 0 Å². The molecule has 0 bridgehead atoms. The smallest absolute Gasteiger partial charge is 0.187 e. The van der Waals surface area contributed by atoms with E-state index in [-0.39, 0.29) is 52.3 Å². The molecule has 2 spiro atoms. The van der Waals surface area contributed by atoms with Crippen molar-refractivity contribution in [1.29, 1.82) is 0 Å². The molecule has 9 aliphatic rings. The molecular weight excluding hydrogens is 1020 g/mol. The minimum atomic E-state index is -1.69. The molecule has 23 heteroatoms. The Labute approximate surface area is 449 Å². The molecule has 0 aromatic rings. The van der Waals surface area contributed by atoms with Crippen LogP contribution >= 0.6 is 0 Å². The van der Waals surface area contributed by atoms with E-state index in [2.05, 4.69) is 27.7 Å². The molecular formula is C54H90O23. The van der Waals surface area contributed by atoms with E-state index in [4.69, 9.17) is 37.9 Å². The molecule has 15 N–H and O–H groups in total. The van der Waals surface area contributed by atoms with Gasteiger partial charge in [0.2, 0.25) is 0 Å². The van der Waals surface area contributed by atoms with E-state index in [1.165, 1.54) is 0 Å². The van der Waals surface area contributed by atoms with Crippen molar-refractivity contribution in [1.82, 2.24) is 0 Å². The molecule has 4 saturated heterocycles. The van der Waals surface area contributed by atoms with Crippen LogP contribution in [0, 0.1) is 50.7 Å². The highest BCUT2D eigenvalue weighted by molar-refractivity contribution is 5.31. The first-order valence-corrected chi connectivity index (χ1v) is 28.1. The lowest BCUT2D eigenvalue weighted by Gasteiger charge is -2.63. The number of aliphatic hydroxyl groups excluding tert-OH is 15. The van der Waals surface area contributed by atoms with Crippen LogP contribution in [0.4, 0.5) is 0 Å². The molecule has 0 aromatic carbocycles. The van der Waals surface area contributed by atoms with Gasteiger partial charge in [0.1, 0.15) is 97.7 Å². The van der Waals surface area contributed by atoms with Crippen LogP contribution in [-0.4, -0.2) is 245 Å². The first-order valence-electron chi connectivity index (χ1n) is 28.1. The SMILES string of the molecule is C/C(=C/CCC(CO)C1CCC2(C)C3CCC4C(C)(C)C(OC5OC(COC6OC(CO)C(O)C(O)C6O)C(O)C(O)C5O)CCC45CC35CCC12C)COC1OC(COC2OC(CO)C(O)C(O)C2O)C(O)C(O)C1O. The monoisotopic (exact) mass is 1110 g/mol. The van der Waals surface area contributed by atoms with Gasteiger partial charge in [-0.15, -0.1) is 0 Å². The van der Waals surface area contributed by atoms with Crippen molar-refractivity contribution >= 4 is 0 Å². The van der Waals surface area contributed by atoms with Gasteiger partial charge in [0.05, 0.1) is 39.1 Å². The van der Waals surface area contributed by atoms with E-state index < -0.39 is 149 Å². The Morgan fingerprint density at radius 1 is 0.506 bits per heavy atom. The van der Waals surface area contributed by atoms with Crippen molar-refractivity contribution in [3.8, 4) is 0 Å². The summed E-state index contributed by atoms with van der Waals surface area (Å²) in [5.74, 6) is 1.22. The summed E-state index contributed by atoms with van der Waals surface area (Å²) in [5, 5.41) is 157. The van der Waals surface area contributed by atoms with Crippen LogP contribution in [0.25, 0.3) is 0 Å². The Morgan fingerprint density at radius 2 is 0.974 bits per heavy atom. The Bertz CT molecular complexity index is 2020. The number of ether oxygens (including phenoxy) is 8. The van der Waals surface area contributed by atoms with E-state index >= 15 is 0 Å². The predicted octanol–water partition coefficient (Wildman–Crippen LogP) is -2.59. The lowest BCUT2D eigenvalue weighted by molar-refractivity contribution is -0.343. The summed E-state index contributed by atoms with van der Waals surface area (Å²) in [6, 6.07) is 0. The number of hydrogen-bond donors (Lipinski definition) is 15. The summed E-state index contributed by atoms with van der Waals surface area (Å²) >= 11 is 0. The third-order valence-electron chi connectivity index (χ3n) is 21.6. The van der Waals surface area contributed by atoms with Crippen molar-refractivity contribution in [3.05, 3.63) is 11.6 Å². The van der Waals surface area contributed by atoms with E-state index in [0.717, 1.165) is 63.4 Å². The van der Waals surface area contributed by atoms with Gasteiger partial charge >= 0.3 is 0 Å². The highest BCUT2D eigenvalue weighted by Crippen LogP contribution is 2.89. The fourth-order valence-electron chi connectivity index (χ4n) is 16.9. The number of hydrogen-bond acceptors (Lipinski definition) is 23. The maximum Gasteiger partial charge on any atom is 0.187 e. The van der Waals surface area contributed by atoms with Crippen LogP contribution < -0.4 is 0 Å². The van der Waals surface area contributed by atoms with Gasteiger partial charge in [0.25, 0.3) is 0 Å². The second kappa shape index (κ2) is 23.1. The van der Waals surface area contributed by atoms with Crippen molar-refractivity contribution in [2.24, 2.45) is 50.7 Å². The van der Waals surface area contributed by atoms with Crippen molar-refractivity contribution in [2.75, 3.05) is 39.6 Å². The molecule has 29 unspecified atom stereocenters. The molecule has 444 valence electrons. The Morgan fingerprint density at radius 3 is 1.51 bits per heavy atom. The average Bonchev–Trinajstić information content (AvgIpc) is 2.64. The minimum Gasteiger partial charge on any atom is -0.396 e. The fourth-order valence-corrected chi connectivity index (χ4v) is 16.9. The standard InChI is InChI=1S/C54H90O23/c1-24(20-70-46-44(68)40(64)36(60)29(75-46)21-71-47-42(66)38(62)34(58)27(18-56)73-47)7-6-8-25(17-55)26-11-13-52(5)32-10-9-31-50(2,3)33(12-14-53(31)23-54(32,53)16-15-51(26,52)4)77-49-45(69)41(65)37(61)30(76-49)22-72-48-43(67)39(63)35(59)28(19-57)74-48/h7,25-49,55-69H,6,8-23H2,1-5H3/b24-7-. The third kappa shape index (κ3) is 10.3. The topological polar surface area (TPSA) is 377 Å². The van der Waals surface area contributed by atoms with Crippen LogP contribution in [0.15, 0.2) is 11.6 Å². The third-order valence-corrected chi connectivity index (χ3v) is 21.6. The summed E-state index contributed by atoms with van der Waals surface area (Å²) in [6.45, 7) is 9.21. The lowest BCUT2D eigenvalue weighted by atomic mass is 9.41. The van der Waals surface area contributed by atoms with Gasteiger partial charge < -0.3 is 114 Å². The molecule has 77 heavy (non-hydrogen) atoms. The molecule has 0 aromatic heterocycles. The number of fused-ring (bicyclic) bond motifs is 2. The zero-order chi connectivity index (χ0) is 55.9. The van der Waals surface area contributed by atoms with Crippen molar-refractivity contribution in [3.63, 3.8) is 0 Å². The Balaban J connectivity index is 0.779. The minimum absolute atomic E-state index is 0.0104. The van der Waals surface area contributed by atoms with Crippen LogP contribution in [-0.2, 0) is 37.9 Å². The Kier molecular flexibility index (Phi) is 18.1. The summed E-state index contributed by atoms with van der Waals surface area (Å²) in [4.78, 5) is 0. The average molecular weight is 1110 g/mol. The summed E-state index contributed by atoms with van der Waals surface area (Å²) in [5.41, 5.74) is 0.875. The normalized spacial score (nSPS) is 53.0. The van der Waals surface area contributed by atoms with Gasteiger partial charge in [-0.1, -0.05) is 39.3 Å². The van der Waals surface area contributed by atoms with Gasteiger partial charge in [-0.25, -0.2) is 0 Å². The number of allylic oxidation sites excluding steroid dienone is 1. The van der Waals surface area contributed by atoms with Crippen LogP contribution in [0.3, 0.4) is 0 Å². The van der Waals surface area contributed by atoms with Crippen LogP contribution in [0.2, 0.25) is 0 Å². The molecule has 5 aliphatic carbocycles. The molecule has 0 radical (unpaired) electrons. The molecule has 4 heterocycles. The maximum atomic E-state index is 11.2. The van der Waals surface area contributed by atoms with Gasteiger partial charge in [0, 0.05) is 6.61 Å². The fraction of sp³-hybridized carbons (Fsp3) is 0.963. The first-order chi connectivity index (χ1) is 36.4. The molecule has 5 saturated carbocycles. The maximum absolute atomic E-state index is 11.2. The van der Waals surface area contributed by atoms with Crippen LogP contribution in [0.1, 0.15) is 105 Å². The highest BCUT2D eigenvalue weighted by atomic mass is 16.7. The number of rotatable bonds is 18. The molecule has 9 fully saturated rings. The Hall–Kier alpha value is -1.18. The van der Waals surface area contributed by atoms with Crippen molar-refractivity contribution < 1.29 is 114 Å². The number of aliphatic hydroxyl groups is 15. The molecule has 29 atom stereocenters. The van der Waals surface area contributed by atoms with E-state index in [1.807, 2.05) is 13.0 Å². The molecule has 4 aliphatic heterocycles. The zero-order valence-corrected chi connectivity index (χ0v) is 45.0. The van der Waals surface area contributed by atoms with E-state index in [9.17, 15) is 76.6 Å². The van der Waals surface area contributed by atoms with E-state index in [0.29, 0.717) is 30.6 Å². The quantitative estimate of drug-likeness (QED) is 0.0495. The second-order valence-corrected chi connectivity index (χ2v) is 25.6. The second-order valence-electron chi connectivity index (χ2n) is 25.6. The molecule has 9 rings (SSSR count). The molecule has 0 amide bonds.